The Balaban J connectivity index is 1.42. The van der Waals surface area contributed by atoms with E-state index in [1.165, 1.54) is 11.8 Å². The summed E-state index contributed by atoms with van der Waals surface area (Å²) >= 11 is 1.39. The van der Waals surface area contributed by atoms with Crippen LogP contribution in [0.1, 0.15) is 26.2 Å². The highest BCUT2D eigenvalue weighted by molar-refractivity contribution is 7.99. The van der Waals surface area contributed by atoms with E-state index in [4.69, 9.17) is 4.74 Å². The first kappa shape index (κ1) is 20.0. The van der Waals surface area contributed by atoms with E-state index < -0.39 is 9.84 Å². The maximum absolute atomic E-state index is 12.9. The second-order valence-corrected chi connectivity index (χ2v) is 10.7. The monoisotopic (exact) mass is 429 g/mol. The Morgan fingerprint density at radius 1 is 1.21 bits per heavy atom. The first-order chi connectivity index (χ1) is 13.5. The van der Waals surface area contributed by atoms with Crippen LogP contribution in [0.2, 0.25) is 0 Å². The fraction of sp³-hybridized carbons (Fsp3) is 0.824. The molecular formula is C17H27N5O4S2. The zero-order chi connectivity index (χ0) is 19.7. The van der Waals surface area contributed by atoms with Gasteiger partial charge in [0.15, 0.2) is 15.0 Å². The molecule has 0 radical (unpaired) electrons. The molecular weight excluding hydrogens is 402 g/mol. The SMILES string of the molecule is CCn1c(SCC(=O)N(C2CC2)[C@@H]2CCS(=O)(=O)C2)nnc1N1CCOCC1. The lowest BCUT2D eigenvalue weighted by Crippen LogP contribution is -2.43. The minimum Gasteiger partial charge on any atom is -0.378 e. The third-order valence-corrected chi connectivity index (χ3v) is 8.16. The van der Waals surface area contributed by atoms with E-state index in [2.05, 4.69) is 15.1 Å². The highest BCUT2D eigenvalue weighted by Crippen LogP contribution is 2.33. The Hall–Kier alpha value is -1.33. The van der Waals surface area contributed by atoms with E-state index in [1.807, 2.05) is 16.4 Å². The van der Waals surface area contributed by atoms with Crippen molar-refractivity contribution in [2.45, 2.75) is 50.0 Å². The lowest BCUT2D eigenvalue weighted by atomic mass is 10.2. The van der Waals surface area contributed by atoms with Gasteiger partial charge in [-0.1, -0.05) is 11.8 Å². The van der Waals surface area contributed by atoms with Crippen LogP contribution in [0.25, 0.3) is 0 Å². The van der Waals surface area contributed by atoms with Crippen molar-refractivity contribution in [3.63, 3.8) is 0 Å². The van der Waals surface area contributed by atoms with Gasteiger partial charge in [-0.05, 0) is 26.2 Å². The van der Waals surface area contributed by atoms with Gasteiger partial charge in [0.1, 0.15) is 0 Å². The normalized spacial score (nSPS) is 24.5. The van der Waals surface area contributed by atoms with Crippen molar-refractivity contribution in [1.29, 1.82) is 0 Å². The van der Waals surface area contributed by atoms with Crippen LogP contribution in [0.5, 0.6) is 0 Å². The molecule has 156 valence electrons. The van der Waals surface area contributed by atoms with E-state index >= 15 is 0 Å². The molecule has 0 spiro atoms. The topological polar surface area (TPSA) is 97.6 Å². The van der Waals surface area contributed by atoms with Crippen molar-refractivity contribution in [2.75, 3.05) is 48.5 Å². The zero-order valence-corrected chi connectivity index (χ0v) is 17.8. The van der Waals surface area contributed by atoms with E-state index in [1.54, 1.807) is 0 Å². The molecule has 0 unspecified atom stereocenters. The quantitative estimate of drug-likeness (QED) is 0.575. The van der Waals surface area contributed by atoms with Crippen molar-refractivity contribution in [2.24, 2.45) is 0 Å². The van der Waals surface area contributed by atoms with Gasteiger partial charge in [-0.3, -0.25) is 9.36 Å². The predicted octanol–water partition coefficient (Wildman–Crippen LogP) is 0.405. The number of hydrogen-bond donors (Lipinski definition) is 0. The summed E-state index contributed by atoms with van der Waals surface area (Å²) in [5, 5.41) is 9.37. The number of hydrogen-bond acceptors (Lipinski definition) is 8. The van der Waals surface area contributed by atoms with Crippen molar-refractivity contribution in [3.05, 3.63) is 0 Å². The van der Waals surface area contributed by atoms with Crippen molar-refractivity contribution >= 4 is 33.5 Å². The minimum absolute atomic E-state index is 0.00757. The molecule has 3 fully saturated rings. The second kappa shape index (κ2) is 8.19. The van der Waals surface area contributed by atoms with Crippen LogP contribution in [0, 0.1) is 0 Å². The molecule has 3 aliphatic rings. The Kier molecular flexibility index (Phi) is 5.84. The van der Waals surface area contributed by atoms with Gasteiger partial charge in [0.2, 0.25) is 11.9 Å². The van der Waals surface area contributed by atoms with E-state index in [0.29, 0.717) is 19.6 Å². The Morgan fingerprint density at radius 2 is 1.96 bits per heavy atom. The lowest BCUT2D eigenvalue weighted by Gasteiger charge is -2.28. The fourth-order valence-electron chi connectivity index (χ4n) is 3.92. The summed E-state index contributed by atoms with van der Waals surface area (Å²) in [6, 6.07) is 0.0397. The molecule has 9 nitrogen and oxygen atoms in total. The summed E-state index contributed by atoms with van der Waals surface area (Å²) in [5.41, 5.74) is 0. The van der Waals surface area contributed by atoms with Crippen LogP contribution in [0.4, 0.5) is 5.95 Å². The molecule has 1 amide bonds. The molecule has 1 aromatic heterocycles. The summed E-state index contributed by atoms with van der Waals surface area (Å²) in [4.78, 5) is 16.9. The van der Waals surface area contributed by atoms with Crippen LogP contribution in [-0.4, -0.2) is 89.6 Å². The van der Waals surface area contributed by atoms with Crippen LogP contribution in [0.15, 0.2) is 5.16 Å². The molecule has 28 heavy (non-hydrogen) atoms. The first-order valence-corrected chi connectivity index (χ1v) is 12.7. The van der Waals surface area contributed by atoms with Crippen molar-refractivity contribution in [1.82, 2.24) is 19.7 Å². The smallest absolute Gasteiger partial charge is 0.233 e. The molecule has 11 heteroatoms. The molecule has 0 aromatic carbocycles. The number of carbonyl (C=O) groups is 1. The highest BCUT2D eigenvalue weighted by atomic mass is 32.2. The number of rotatable bonds is 7. The number of ether oxygens (including phenoxy) is 1. The number of morpholine rings is 1. The molecule has 0 N–H and O–H groups in total. The number of nitrogens with zero attached hydrogens (tertiary/aromatic N) is 5. The maximum Gasteiger partial charge on any atom is 0.233 e. The molecule has 1 aromatic rings. The lowest BCUT2D eigenvalue weighted by molar-refractivity contribution is -0.130. The van der Waals surface area contributed by atoms with E-state index in [9.17, 15) is 13.2 Å². The van der Waals surface area contributed by atoms with Gasteiger partial charge >= 0.3 is 0 Å². The zero-order valence-electron chi connectivity index (χ0n) is 16.1. The average Bonchev–Trinajstić information content (AvgIpc) is 3.32. The fourth-order valence-corrected chi connectivity index (χ4v) is 6.49. The minimum atomic E-state index is -3.01. The molecule has 1 atom stereocenters. The molecule has 1 aliphatic carbocycles. The first-order valence-electron chi connectivity index (χ1n) is 9.89. The van der Waals surface area contributed by atoms with Gasteiger partial charge in [-0.15, -0.1) is 10.2 Å². The third-order valence-electron chi connectivity index (χ3n) is 5.46. The number of carbonyl (C=O) groups excluding carboxylic acids is 1. The van der Waals surface area contributed by atoms with Gasteiger partial charge in [-0.25, -0.2) is 8.42 Å². The van der Waals surface area contributed by atoms with Crippen LogP contribution < -0.4 is 4.90 Å². The van der Waals surface area contributed by atoms with Gasteiger partial charge in [0.25, 0.3) is 0 Å². The van der Waals surface area contributed by atoms with Gasteiger partial charge in [0, 0.05) is 31.7 Å². The molecule has 1 saturated carbocycles. The van der Waals surface area contributed by atoms with Crippen molar-refractivity contribution in [3.8, 4) is 0 Å². The summed E-state index contributed by atoms with van der Waals surface area (Å²) in [5.74, 6) is 1.38. The number of aromatic nitrogens is 3. The third kappa shape index (κ3) is 4.30. The molecule has 2 aliphatic heterocycles. The van der Waals surface area contributed by atoms with Crippen LogP contribution >= 0.6 is 11.8 Å². The summed E-state index contributed by atoms with van der Waals surface area (Å²) in [6.07, 6.45) is 2.50. The van der Waals surface area contributed by atoms with Crippen LogP contribution in [-0.2, 0) is 25.9 Å². The average molecular weight is 430 g/mol. The second-order valence-electron chi connectivity index (χ2n) is 7.50. The van der Waals surface area contributed by atoms with Gasteiger partial charge < -0.3 is 14.5 Å². The van der Waals surface area contributed by atoms with E-state index in [-0.39, 0.29) is 35.2 Å². The van der Waals surface area contributed by atoms with Crippen LogP contribution in [0.3, 0.4) is 0 Å². The van der Waals surface area contributed by atoms with Gasteiger partial charge in [-0.2, -0.15) is 0 Å². The maximum atomic E-state index is 12.9. The summed E-state index contributed by atoms with van der Waals surface area (Å²) < 4.78 is 31.1. The standard InChI is InChI=1S/C17H27N5O4S2/c1-2-21-16(20-6-8-26-9-7-20)18-19-17(21)27-11-15(23)22(13-3-4-13)14-5-10-28(24,25)12-14/h13-14H,2-12H2,1H3/t14-/m1/s1. The number of sulfone groups is 1. The number of amides is 1. The van der Waals surface area contributed by atoms with E-state index in [0.717, 1.165) is 43.6 Å². The number of anilines is 1. The Labute approximate surface area is 169 Å². The highest BCUT2D eigenvalue weighted by Gasteiger charge is 2.42. The molecule has 2 saturated heterocycles. The summed E-state index contributed by atoms with van der Waals surface area (Å²) in [6.45, 7) is 5.69. The molecule has 3 heterocycles. The number of thioether (sulfide) groups is 1. The van der Waals surface area contributed by atoms with Crippen molar-refractivity contribution < 1.29 is 17.9 Å². The predicted molar refractivity (Wildman–Crippen MR) is 106 cm³/mol. The van der Waals surface area contributed by atoms with Gasteiger partial charge in [0.05, 0.1) is 30.5 Å². The summed E-state index contributed by atoms with van der Waals surface area (Å²) in [7, 11) is -3.01. The largest absolute Gasteiger partial charge is 0.378 e. The Bertz CT molecular complexity index is 818. The molecule has 4 rings (SSSR count). The molecule has 0 bridgehead atoms. The Morgan fingerprint density at radius 3 is 2.57 bits per heavy atom.